The van der Waals surface area contributed by atoms with Gasteiger partial charge in [0.25, 0.3) is 0 Å². The Bertz CT molecular complexity index is 642. The van der Waals surface area contributed by atoms with Crippen molar-refractivity contribution in [3.63, 3.8) is 0 Å². The lowest BCUT2D eigenvalue weighted by molar-refractivity contribution is -0.101. The van der Waals surface area contributed by atoms with E-state index in [4.69, 9.17) is 27.9 Å². The molecular formula is C15H17Cl2N3O. The number of nitrogens with zero attached hydrogens (tertiary/aromatic N) is 3. The van der Waals surface area contributed by atoms with Crippen LogP contribution >= 0.6 is 23.2 Å². The van der Waals surface area contributed by atoms with Gasteiger partial charge in [-0.25, -0.2) is 9.67 Å². The maximum Gasteiger partial charge on any atom is 0.137 e. The number of aromatic nitrogens is 3. The molecule has 0 radical (unpaired) electrons. The molecule has 112 valence electrons. The molecule has 4 nitrogen and oxygen atoms in total. The highest BCUT2D eigenvalue weighted by atomic mass is 35.5. The van der Waals surface area contributed by atoms with Crippen LogP contribution in [0.2, 0.25) is 10.0 Å². The summed E-state index contributed by atoms with van der Waals surface area (Å²) in [5.41, 5.74) is 0.261. The van der Waals surface area contributed by atoms with Gasteiger partial charge in [0.1, 0.15) is 18.3 Å². The molecule has 1 aliphatic heterocycles. The van der Waals surface area contributed by atoms with E-state index in [0.29, 0.717) is 16.6 Å². The quantitative estimate of drug-likeness (QED) is 0.854. The predicted molar refractivity (Wildman–Crippen MR) is 82.6 cm³/mol. The Kier molecular flexibility index (Phi) is 3.72. The first kappa shape index (κ1) is 14.8. The summed E-state index contributed by atoms with van der Waals surface area (Å²) in [6.45, 7) is 4.78. The lowest BCUT2D eigenvalue weighted by atomic mass is 9.89. The second-order valence-corrected chi connectivity index (χ2v) is 6.92. The van der Waals surface area contributed by atoms with Crippen LogP contribution in [0.4, 0.5) is 0 Å². The zero-order chi connectivity index (χ0) is 15.1. The van der Waals surface area contributed by atoms with Crippen molar-refractivity contribution in [3.8, 4) is 0 Å². The first-order chi connectivity index (χ1) is 9.90. The van der Waals surface area contributed by atoms with Crippen molar-refractivity contribution in [2.24, 2.45) is 0 Å². The van der Waals surface area contributed by atoms with Crippen LogP contribution in [0.3, 0.4) is 0 Å². The van der Waals surface area contributed by atoms with E-state index in [-0.39, 0.29) is 5.60 Å². The minimum absolute atomic E-state index is 0.191. The van der Waals surface area contributed by atoms with Gasteiger partial charge in [0.2, 0.25) is 0 Å². The highest BCUT2D eigenvalue weighted by Crippen LogP contribution is 2.47. The van der Waals surface area contributed by atoms with Crippen molar-refractivity contribution in [1.29, 1.82) is 0 Å². The molecule has 1 aromatic carbocycles. The van der Waals surface area contributed by atoms with Crippen molar-refractivity contribution in [3.05, 3.63) is 46.5 Å². The van der Waals surface area contributed by atoms with Crippen LogP contribution in [0.5, 0.6) is 0 Å². The van der Waals surface area contributed by atoms with Crippen LogP contribution in [0.1, 0.15) is 32.3 Å². The standard InChI is InChI=1S/C15H17Cl2N3O/c1-14(2)5-6-15(21-14,8-20-10-18-9-19-20)12-4-3-11(16)7-13(12)17/h3-4,7,9-10H,5-6,8H2,1-2H3. The molecule has 1 unspecified atom stereocenters. The molecule has 0 spiro atoms. The molecule has 0 amide bonds. The average Bonchev–Trinajstić information content (AvgIpc) is 2.98. The Balaban J connectivity index is 2.04. The number of ether oxygens (including phenoxy) is 1. The number of hydrogen-bond acceptors (Lipinski definition) is 3. The number of rotatable bonds is 3. The first-order valence-electron chi connectivity index (χ1n) is 6.88. The Morgan fingerprint density at radius 1 is 1.29 bits per heavy atom. The third-order valence-corrected chi connectivity index (χ3v) is 4.46. The molecule has 1 fully saturated rings. The summed E-state index contributed by atoms with van der Waals surface area (Å²) < 4.78 is 8.18. The Morgan fingerprint density at radius 3 is 2.67 bits per heavy atom. The highest BCUT2D eigenvalue weighted by molar-refractivity contribution is 6.35. The van der Waals surface area contributed by atoms with Crippen molar-refractivity contribution in [2.45, 2.75) is 44.4 Å². The van der Waals surface area contributed by atoms with E-state index in [1.54, 1.807) is 17.1 Å². The van der Waals surface area contributed by atoms with Crippen molar-refractivity contribution >= 4 is 23.2 Å². The molecule has 3 rings (SSSR count). The maximum atomic E-state index is 6.42. The topological polar surface area (TPSA) is 39.9 Å². The van der Waals surface area contributed by atoms with Gasteiger partial charge in [-0.3, -0.25) is 0 Å². The summed E-state index contributed by atoms with van der Waals surface area (Å²) in [4.78, 5) is 4.00. The molecule has 0 bridgehead atoms. The van der Waals surface area contributed by atoms with Gasteiger partial charge < -0.3 is 4.74 Å². The molecule has 1 atom stereocenters. The van der Waals surface area contributed by atoms with Crippen molar-refractivity contribution < 1.29 is 4.74 Å². The molecule has 21 heavy (non-hydrogen) atoms. The van der Waals surface area contributed by atoms with Crippen LogP contribution in [0, 0.1) is 0 Å². The summed E-state index contributed by atoms with van der Waals surface area (Å²) in [5.74, 6) is 0. The maximum absolute atomic E-state index is 6.42. The van der Waals surface area contributed by atoms with Crippen molar-refractivity contribution in [2.75, 3.05) is 0 Å². The number of benzene rings is 1. The molecule has 2 aromatic rings. The molecule has 6 heteroatoms. The summed E-state index contributed by atoms with van der Waals surface area (Å²) >= 11 is 12.4. The fourth-order valence-corrected chi connectivity index (χ4v) is 3.54. The smallest absolute Gasteiger partial charge is 0.137 e. The second-order valence-electron chi connectivity index (χ2n) is 6.07. The Labute approximate surface area is 134 Å². The van der Waals surface area contributed by atoms with E-state index in [1.807, 2.05) is 12.1 Å². The highest BCUT2D eigenvalue weighted by Gasteiger charge is 2.47. The van der Waals surface area contributed by atoms with Crippen LogP contribution < -0.4 is 0 Å². The van der Waals surface area contributed by atoms with Crippen molar-refractivity contribution in [1.82, 2.24) is 14.8 Å². The molecule has 0 N–H and O–H groups in total. The van der Waals surface area contributed by atoms with E-state index in [0.717, 1.165) is 18.4 Å². The largest absolute Gasteiger partial charge is 0.362 e. The van der Waals surface area contributed by atoms with Gasteiger partial charge in [-0.15, -0.1) is 0 Å². The normalized spacial score (nSPS) is 24.4. The van der Waals surface area contributed by atoms with Gasteiger partial charge >= 0.3 is 0 Å². The minimum Gasteiger partial charge on any atom is -0.362 e. The Hall–Kier alpha value is -1.10. The molecule has 1 saturated heterocycles. The third-order valence-electron chi connectivity index (χ3n) is 3.91. The van der Waals surface area contributed by atoms with Crippen LogP contribution in [0.15, 0.2) is 30.9 Å². The first-order valence-corrected chi connectivity index (χ1v) is 7.64. The van der Waals surface area contributed by atoms with Gasteiger partial charge in [0, 0.05) is 15.6 Å². The number of hydrogen-bond donors (Lipinski definition) is 0. The van der Waals surface area contributed by atoms with Gasteiger partial charge in [0.15, 0.2) is 0 Å². The van der Waals surface area contributed by atoms with E-state index < -0.39 is 5.60 Å². The third kappa shape index (κ3) is 2.93. The molecule has 1 aromatic heterocycles. The SMILES string of the molecule is CC1(C)CCC(Cn2cncn2)(c2ccc(Cl)cc2Cl)O1. The monoisotopic (exact) mass is 325 g/mol. The predicted octanol–water partition coefficient (Wildman–Crippen LogP) is 4.07. The van der Waals surface area contributed by atoms with E-state index in [2.05, 4.69) is 23.9 Å². The minimum atomic E-state index is -0.501. The fourth-order valence-electron chi connectivity index (χ4n) is 2.96. The van der Waals surface area contributed by atoms with Gasteiger partial charge in [-0.2, -0.15) is 5.10 Å². The lowest BCUT2D eigenvalue weighted by Crippen LogP contribution is -2.35. The van der Waals surface area contributed by atoms with E-state index in [9.17, 15) is 0 Å². The molecule has 2 heterocycles. The average molecular weight is 326 g/mol. The molecular weight excluding hydrogens is 309 g/mol. The van der Waals surface area contributed by atoms with E-state index >= 15 is 0 Å². The second kappa shape index (κ2) is 5.27. The molecule has 0 saturated carbocycles. The van der Waals surface area contributed by atoms with Gasteiger partial charge in [-0.1, -0.05) is 29.3 Å². The summed E-state index contributed by atoms with van der Waals surface area (Å²) in [6.07, 6.45) is 5.05. The zero-order valence-corrected chi connectivity index (χ0v) is 13.5. The lowest BCUT2D eigenvalue weighted by Gasteiger charge is -2.33. The molecule has 1 aliphatic rings. The Morgan fingerprint density at radius 2 is 2.10 bits per heavy atom. The van der Waals surface area contributed by atoms with Crippen LogP contribution in [-0.2, 0) is 16.9 Å². The molecule has 0 aliphatic carbocycles. The van der Waals surface area contributed by atoms with Crippen LogP contribution in [-0.4, -0.2) is 20.4 Å². The fraction of sp³-hybridized carbons (Fsp3) is 0.467. The summed E-state index contributed by atoms with van der Waals surface area (Å²) in [6, 6.07) is 5.56. The number of halogens is 2. The van der Waals surface area contributed by atoms with Gasteiger partial charge in [0.05, 0.1) is 12.1 Å². The summed E-state index contributed by atoms with van der Waals surface area (Å²) in [7, 11) is 0. The zero-order valence-electron chi connectivity index (χ0n) is 12.0. The summed E-state index contributed by atoms with van der Waals surface area (Å²) in [5, 5.41) is 5.45. The van der Waals surface area contributed by atoms with Crippen LogP contribution in [0.25, 0.3) is 0 Å². The van der Waals surface area contributed by atoms with Gasteiger partial charge in [-0.05, 0) is 38.8 Å². The van der Waals surface area contributed by atoms with E-state index in [1.165, 1.54) is 6.33 Å².